The first-order valence-corrected chi connectivity index (χ1v) is 11.9. The molecule has 0 unspecified atom stereocenters. The number of benzene rings is 2. The van der Waals surface area contributed by atoms with Crippen molar-refractivity contribution in [3.8, 4) is 0 Å². The molecular formula is C22H26F2NOTl. The first-order valence-electron chi connectivity index (χ1n) is 9.62. The van der Waals surface area contributed by atoms with Gasteiger partial charge < -0.3 is 0 Å². The third kappa shape index (κ3) is 4.70. The van der Waals surface area contributed by atoms with Crippen LogP contribution in [0.25, 0.3) is 0 Å². The molecule has 1 aliphatic heterocycles. The summed E-state index contributed by atoms with van der Waals surface area (Å²) in [6, 6.07) is 15.5. The molecule has 0 fully saturated rings. The van der Waals surface area contributed by atoms with Crippen LogP contribution in [0.5, 0.6) is 0 Å². The summed E-state index contributed by atoms with van der Waals surface area (Å²) >= 11 is -0.417. The van der Waals surface area contributed by atoms with Gasteiger partial charge in [0.25, 0.3) is 0 Å². The van der Waals surface area contributed by atoms with E-state index in [-0.39, 0.29) is 29.5 Å². The Labute approximate surface area is 176 Å². The number of halogens is 2. The van der Waals surface area contributed by atoms with Gasteiger partial charge in [-0.1, -0.05) is 0 Å². The van der Waals surface area contributed by atoms with Gasteiger partial charge in [-0.05, 0) is 0 Å². The van der Waals surface area contributed by atoms with Crippen LogP contribution in [-0.2, 0) is 3.48 Å². The molecule has 142 valence electrons. The van der Waals surface area contributed by atoms with E-state index in [9.17, 15) is 13.9 Å². The van der Waals surface area contributed by atoms with E-state index in [1.165, 1.54) is 5.56 Å². The second-order valence-corrected chi connectivity index (χ2v) is 10.4. The molecule has 0 saturated heterocycles. The Bertz CT molecular complexity index is 763. The molecule has 0 bridgehead atoms. The van der Waals surface area contributed by atoms with Gasteiger partial charge in [0.2, 0.25) is 0 Å². The first-order chi connectivity index (χ1) is 12.8. The fourth-order valence-electron chi connectivity index (χ4n) is 4.07. The van der Waals surface area contributed by atoms with Gasteiger partial charge >= 0.3 is 176 Å². The second-order valence-electron chi connectivity index (χ2n) is 7.55. The van der Waals surface area contributed by atoms with Crippen molar-refractivity contribution < 1.29 is 13.9 Å². The summed E-state index contributed by atoms with van der Waals surface area (Å²) in [6.07, 6.45) is 2.00. The van der Waals surface area contributed by atoms with E-state index in [1.807, 2.05) is 31.2 Å². The van der Waals surface area contributed by atoms with E-state index in [2.05, 4.69) is 24.4 Å². The van der Waals surface area contributed by atoms with Crippen LogP contribution in [0.2, 0.25) is 0 Å². The monoisotopic (exact) mass is 563 g/mol. The Morgan fingerprint density at radius 1 is 1.19 bits per heavy atom. The third-order valence-corrected chi connectivity index (χ3v) is 7.07. The van der Waals surface area contributed by atoms with Gasteiger partial charge in [-0.25, -0.2) is 0 Å². The summed E-state index contributed by atoms with van der Waals surface area (Å²) in [6.45, 7) is 4.12. The van der Waals surface area contributed by atoms with Crippen LogP contribution in [0.1, 0.15) is 61.8 Å². The van der Waals surface area contributed by atoms with Crippen molar-refractivity contribution in [3.63, 3.8) is 0 Å². The third-order valence-electron chi connectivity index (χ3n) is 5.77. The number of aliphatic hydroxyl groups is 1. The number of aliphatic hydroxyl groups excluding tert-OH is 1. The molecule has 2 aromatic carbocycles. The number of anilines is 1. The van der Waals surface area contributed by atoms with Crippen LogP contribution >= 0.6 is 0 Å². The number of hydrogen-bond acceptors (Lipinski definition) is 2. The van der Waals surface area contributed by atoms with E-state index in [0.717, 1.165) is 30.5 Å². The molecule has 0 saturated carbocycles. The van der Waals surface area contributed by atoms with Crippen molar-refractivity contribution in [1.29, 1.82) is 0 Å². The SMILES string of the molecule is CC[C@H](O)CC[C@@H]1[C@H](C)c2cc([C](F)(F)[Tl])ccc2N[C@H]1c1ccccc1. The minimum absolute atomic E-state index is 0.113. The zero-order chi connectivity index (χ0) is 19.6. The van der Waals surface area contributed by atoms with E-state index >= 15 is 0 Å². The molecule has 2 N–H and O–H groups in total. The molecule has 1 heterocycles. The quantitative estimate of drug-likeness (QED) is 0.466. The Hall–Kier alpha value is -1.02. The number of hydrogen-bond donors (Lipinski definition) is 2. The zero-order valence-electron chi connectivity index (χ0n) is 15.8. The van der Waals surface area contributed by atoms with Crippen LogP contribution in [0.4, 0.5) is 14.5 Å². The van der Waals surface area contributed by atoms with Gasteiger partial charge in [0.1, 0.15) is 0 Å². The number of alkyl halides is 2. The maximum atomic E-state index is 13.9. The second kappa shape index (κ2) is 8.55. The molecule has 4 atom stereocenters. The predicted octanol–water partition coefficient (Wildman–Crippen LogP) is 5.34. The molecule has 0 radical (unpaired) electrons. The summed E-state index contributed by atoms with van der Waals surface area (Å²) in [5.74, 6) is 0.379. The summed E-state index contributed by atoms with van der Waals surface area (Å²) in [5, 5.41) is 13.7. The standard InChI is InChI=1S/C22H26F2NO.Tl/c1-3-17(26)10-11-18-14(2)19-13-16(22(23)24)9-12-20(19)25-21(18)15-7-5-4-6-8-15;/h4-9,12-14,17-18,21,25-26H,3,10-11H2,1-2H3;/t14-,17-,18+,21-;/m0./s1. The van der Waals surface area contributed by atoms with Crippen molar-refractivity contribution in [2.45, 2.75) is 54.7 Å². The summed E-state index contributed by atoms with van der Waals surface area (Å²) in [4.78, 5) is 0. The van der Waals surface area contributed by atoms with Crippen LogP contribution in [0.3, 0.4) is 0 Å². The van der Waals surface area contributed by atoms with E-state index in [0.29, 0.717) is 0 Å². The summed E-state index contributed by atoms with van der Waals surface area (Å²) in [5.41, 5.74) is 3.24. The molecule has 0 aliphatic carbocycles. The normalized spacial score (nSPS) is 23.3. The molecule has 27 heavy (non-hydrogen) atoms. The van der Waals surface area contributed by atoms with Gasteiger partial charge in [-0.15, -0.1) is 0 Å². The van der Waals surface area contributed by atoms with Crippen LogP contribution in [0, 0.1) is 5.92 Å². The summed E-state index contributed by atoms with van der Waals surface area (Å²) in [7, 11) is 0. The van der Waals surface area contributed by atoms with Gasteiger partial charge in [-0.2, -0.15) is 0 Å². The van der Waals surface area contributed by atoms with Crippen molar-refractivity contribution in [3.05, 3.63) is 65.2 Å². The Morgan fingerprint density at radius 3 is 2.52 bits per heavy atom. The van der Waals surface area contributed by atoms with Gasteiger partial charge in [-0.3, -0.25) is 0 Å². The Kier molecular flexibility index (Phi) is 6.56. The molecule has 0 amide bonds. The number of fused-ring (bicyclic) bond motifs is 1. The maximum absolute atomic E-state index is 13.9. The topological polar surface area (TPSA) is 32.3 Å². The van der Waals surface area contributed by atoms with Crippen LogP contribution < -0.4 is 5.32 Å². The molecule has 2 nitrogen and oxygen atoms in total. The van der Waals surface area contributed by atoms with Crippen LogP contribution in [0.15, 0.2) is 48.5 Å². The Balaban J connectivity index is 1.97. The Morgan fingerprint density at radius 2 is 1.89 bits per heavy atom. The number of rotatable bonds is 6. The summed E-state index contributed by atoms with van der Waals surface area (Å²) < 4.78 is 25.1. The van der Waals surface area contributed by atoms with Crippen molar-refractivity contribution in [2.24, 2.45) is 5.92 Å². The fourth-order valence-corrected chi connectivity index (χ4v) is 4.77. The van der Waals surface area contributed by atoms with Crippen LogP contribution in [-0.4, -0.2) is 37.0 Å². The molecule has 1 aliphatic rings. The first kappa shape index (κ1) is 20.7. The van der Waals surface area contributed by atoms with E-state index < -0.39 is 29.2 Å². The molecule has 0 spiro atoms. The average molecular weight is 563 g/mol. The average Bonchev–Trinajstić information content (AvgIpc) is 2.66. The van der Waals surface area contributed by atoms with Crippen molar-refractivity contribution >= 4 is 31.5 Å². The van der Waals surface area contributed by atoms with Crippen molar-refractivity contribution in [1.82, 2.24) is 0 Å². The van der Waals surface area contributed by atoms with Crippen molar-refractivity contribution in [2.75, 3.05) is 5.32 Å². The molecule has 0 aromatic heterocycles. The fraction of sp³-hybridized carbons (Fsp3) is 0.455. The molecular weight excluding hydrogens is 537 g/mol. The van der Waals surface area contributed by atoms with Gasteiger partial charge in [0.15, 0.2) is 0 Å². The van der Waals surface area contributed by atoms with E-state index in [1.54, 1.807) is 12.1 Å². The van der Waals surface area contributed by atoms with E-state index in [4.69, 9.17) is 0 Å². The van der Waals surface area contributed by atoms with Gasteiger partial charge in [0.05, 0.1) is 0 Å². The minimum atomic E-state index is -2.68. The zero-order valence-corrected chi connectivity index (χ0v) is 20.3. The van der Waals surface area contributed by atoms with Gasteiger partial charge in [0, 0.05) is 0 Å². The molecule has 2 aromatic rings. The number of nitrogens with one attached hydrogen (secondary N) is 1. The predicted molar refractivity (Wildman–Crippen MR) is 106 cm³/mol. The molecule has 5 heteroatoms. The molecule has 3 rings (SSSR count).